The molecule has 2 heterocycles. The number of hydrogen-bond acceptors (Lipinski definition) is 4. The Morgan fingerprint density at radius 2 is 0.860 bits per heavy atom. The molecule has 0 fully saturated rings. The third kappa shape index (κ3) is 4.46. The maximum absolute atomic E-state index is 5.40. The van der Waals surface area contributed by atoms with E-state index in [2.05, 4.69) is 133 Å². The number of nitrogens with zero attached hydrogens (tertiary/aromatic N) is 4. The molecule has 0 bridgehead atoms. The van der Waals surface area contributed by atoms with Crippen molar-refractivity contribution in [3.05, 3.63) is 170 Å². The van der Waals surface area contributed by atoms with Crippen LogP contribution in [0.1, 0.15) is 0 Å². The van der Waals surface area contributed by atoms with Crippen molar-refractivity contribution in [2.75, 3.05) is 0 Å². The van der Waals surface area contributed by atoms with Crippen LogP contribution in [0.15, 0.2) is 170 Å². The molecule has 0 amide bonds. The first kappa shape index (κ1) is 28.3. The second kappa shape index (κ2) is 11.4. The molecule has 0 aliphatic heterocycles. The van der Waals surface area contributed by atoms with E-state index in [0.717, 1.165) is 54.9 Å². The Bertz CT molecular complexity index is 2860. The van der Waals surface area contributed by atoms with Gasteiger partial charge in [0.25, 0.3) is 0 Å². The van der Waals surface area contributed by atoms with Crippen molar-refractivity contribution in [2.24, 2.45) is 0 Å². The smallest absolute Gasteiger partial charge is 0.165 e. The predicted octanol–water partition coefficient (Wildman–Crippen LogP) is 11.7. The third-order valence-electron chi connectivity index (χ3n) is 9.75. The molecule has 8 aromatic carbocycles. The van der Waals surface area contributed by atoms with Crippen LogP contribution in [0.3, 0.4) is 0 Å². The van der Waals surface area contributed by atoms with E-state index in [9.17, 15) is 0 Å². The Hall–Kier alpha value is -6.78. The van der Waals surface area contributed by atoms with Gasteiger partial charge in [0.2, 0.25) is 0 Å². The lowest BCUT2D eigenvalue weighted by Crippen LogP contribution is -2.02. The number of fused-ring (bicyclic) bond motifs is 7. The number of hydrogen-bond donors (Lipinski definition) is 0. The zero-order chi connectivity index (χ0) is 33.0. The fraction of sp³-hybridized carbons (Fsp3) is 0. The van der Waals surface area contributed by atoms with Gasteiger partial charge in [-0.15, -0.1) is 0 Å². The average molecular weight is 637 g/mol. The van der Waals surface area contributed by atoms with E-state index in [4.69, 9.17) is 19.9 Å². The van der Waals surface area contributed by atoms with E-state index in [-0.39, 0.29) is 0 Å². The Morgan fingerprint density at radius 1 is 0.320 bits per heavy atom. The molecule has 0 atom stereocenters. The van der Waals surface area contributed by atoms with Gasteiger partial charge in [0, 0.05) is 28.5 Å². The first-order valence-corrected chi connectivity index (χ1v) is 16.8. The van der Waals surface area contributed by atoms with Crippen LogP contribution in [0.2, 0.25) is 0 Å². The van der Waals surface area contributed by atoms with E-state index in [1.54, 1.807) is 0 Å². The van der Waals surface area contributed by atoms with Crippen LogP contribution in [0.25, 0.3) is 99.3 Å². The van der Waals surface area contributed by atoms with Crippen LogP contribution in [0.5, 0.6) is 0 Å². The highest BCUT2D eigenvalue weighted by atomic mass is 15.0. The van der Waals surface area contributed by atoms with Crippen LogP contribution in [0, 0.1) is 0 Å². The molecule has 50 heavy (non-hydrogen) atoms. The number of aromatic nitrogens is 4. The molecule has 4 heteroatoms. The Balaban J connectivity index is 1.34. The molecular weight excluding hydrogens is 609 g/mol. The van der Waals surface area contributed by atoms with Gasteiger partial charge in [-0.2, -0.15) is 0 Å². The lowest BCUT2D eigenvalue weighted by Gasteiger charge is -2.17. The molecule has 4 nitrogen and oxygen atoms in total. The van der Waals surface area contributed by atoms with Crippen molar-refractivity contribution in [1.82, 2.24) is 19.9 Å². The molecule has 10 rings (SSSR count). The Morgan fingerprint density at radius 3 is 1.56 bits per heavy atom. The molecule has 10 aromatic rings. The van der Waals surface area contributed by atoms with Gasteiger partial charge in [-0.1, -0.05) is 146 Å². The zero-order valence-corrected chi connectivity index (χ0v) is 27.0. The van der Waals surface area contributed by atoms with Crippen LogP contribution in [-0.4, -0.2) is 19.9 Å². The SMILES string of the molecule is c1ccc(-c2nc(-c3c4ccccc4c(-c4ccccn4)c4ccccc34)nc(-c3cc4c5ccccc5ccc4c4ccccc34)n2)cc1. The predicted molar refractivity (Wildman–Crippen MR) is 207 cm³/mol. The summed E-state index contributed by atoms with van der Waals surface area (Å²) in [6.45, 7) is 0. The molecule has 2 aromatic heterocycles. The van der Waals surface area contributed by atoms with Crippen LogP contribution in [0.4, 0.5) is 0 Å². The molecule has 0 radical (unpaired) electrons. The average Bonchev–Trinajstić information content (AvgIpc) is 3.20. The highest BCUT2D eigenvalue weighted by Gasteiger charge is 2.22. The molecule has 232 valence electrons. The van der Waals surface area contributed by atoms with Crippen molar-refractivity contribution < 1.29 is 0 Å². The van der Waals surface area contributed by atoms with Crippen LogP contribution in [-0.2, 0) is 0 Å². The monoisotopic (exact) mass is 636 g/mol. The summed E-state index contributed by atoms with van der Waals surface area (Å²) >= 11 is 0. The fourth-order valence-electron chi connectivity index (χ4n) is 7.53. The minimum atomic E-state index is 0.634. The Labute approximate surface area is 288 Å². The number of rotatable bonds is 4. The summed E-state index contributed by atoms with van der Waals surface area (Å²) < 4.78 is 0. The van der Waals surface area contributed by atoms with Crippen molar-refractivity contribution >= 4 is 53.9 Å². The molecule has 0 spiro atoms. The van der Waals surface area contributed by atoms with Crippen molar-refractivity contribution in [2.45, 2.75) is 0 Å². The molecular formula is C46H28N4. The van der Waals surface area contributed by atoms with Gasteiger partial charge in [-0.05, 0) is 72.1 Å². The second-order valence-electron chi connectivity index (χ2n) is 12.6. The fourth-order valence-corrected chi connectivity index (χ4v) is 7.53. The topological polar surface area (TPSA) is 51.6 Å². The van der Waals surface area contributed by atoms with Crippen LogP contribution < -0.4 is 0 Å². The lowest BCUT2D eigenvalue weighted by molar-refractivity contribution is 1.08. The normalized spacial score (nSPS) is 11.6. The number of pyridine rings is 1. The highest BCUT2D eigenvalue weighted by Crippen LogP contribution is 2.43. The minimum absolute atomic E-state index is 0.634. The summed E-state index contributed by atoms with van der Waals surface area (Å²) in [6.07, 6.45) is 1.86. The van der Waals surface area contributed by atoms with Crippen LogP contribution >= 0.6 is 0 Å². The van der Waals surface area contributed by atoms with E-state index >= 15 is 0 Å². The van der Waals surface area contributed by atoms with Crippen molar-refractivity contribution in [3.8, 4) is 45.4 Å². The third-order valence-corrected chi connectivity index (χ3v) is 9.75. The van der Waals surface area contributed by atoms with Gasteiger partial charge in [0.1, 0.15) is 0 Å². The molecule has 0 unspecified atom stereocenters. The van der Waals surface area contributed by atoms with Gasteiger partial charge >= 0.3 is 0 Å². The summed E-state index contributed by atoms with van der Waals surface area (Å²) in [6, 6.07) is 57.2. The van der Waals surface area contributed by atoms with Crippen molar-refractivity contribution in [3.63, 3.8) is 0 Å². The zero-order valence-electron chi connectivity index (χ0n) is 27.0. The lowest BCUT2D eigenvalue weighted by atomic mass is 9.89. The summed E-state index contributed by atoms with van der Waals surface area (Å²) in [5.74, 6) is 1.91. The van der Waals surface area contributed by atoms with E-state index in [1.807, 2.05) is 36.5 Å². The summed E-state index contributed by atoms with van der Waals surface area (Å²) in [7, 11) is 0. The van der Waals surface area contributed by atoms with E-state index in [0.29, 0.717) is 17.5 Å². The van der Waals surface area contributed by atoms with Gasteiger partial charge in [-0.3, -0.25) is 4.98 Å². The first-order valence-electron chi connectivity index (χ1n) is 16.8. The molecule has 0 aliphatic carbocycles. The summed E-state index contributed by atoms with van der Waals surface area (Å²) in [4.78, 5) is 20.7. The largest absolute Gasteiger partial charge is 0.256 e. The quantitative estimate of drug-likeness (QED) is 0.142. The molecule has 0 saturated carbocycles. The standard InChI is InChI=1S/C46H28N4/c1-2-15-30(16-3-1)44-48-45(40-28-39-31-17-5-4-14-29(31)25-26-34(39)32-18-6-7-19-33(32)40)50-46(49-44)43-37-22-10-8-20-35(37)42(41-24-12-13-27-47-41)36-21-9-11-23-38(36)43/h1-28H. The van der Waals surface area contributed by atoms with Crippen molar-refractivity contribution in [1.29, 1.82) is 0 Å². The molecule has 0 N–H and O–H groups in total. The second-order valence-corrected chi connectivity index (χ2v) is 12.6. The maximum atomic E-state index is 5.40. The van der Waals surface area contributed by atoms with E-state index < -0.39 is 0 Å². The maximum Gasteiger partial charge on any atom is 0.165 e. The van der Waals surface area contributed by atoms with Gasteiger partial charge in [-0.25, -0.2) is 15.0 Å². The van der Waals surface area contributed by atoms with Gasteiger partial charge in [0.05, 0.1) is 5.69 Å². The van der Waals surface area contributed by atoms with Gasteiger partial charge in [0.15, 0.2) is 17.5 Å². The first-order chi connectivity index (χ1) is 24.8. The summed E-state index contributed by atoms with van der Waals surface area (Å²) in [5.41, 5.74) is 4.93. The Kier molecular flexibility index (Phi) is 6.46. The summed E-state index contributed by atoms with van der Waals surface area (Å²) in [5, 5.41) is 11.4. The molecule has 0 saturated heterocycles. The van der Waals surface area contributed by atoms with Gasteiger partial charge < -0.3 is 0 Å². The number of benzene rings is 8. The highest BCUT2D eigenvalue weighted by molar-refractivity contribution is 6.22. The van der Waals surface area contributed by atoms with E-state index in [1.165, 1.54) is 26.9 Å². The minimum Gasteiger partial charge on any atom is -0.256 e. The molecule has 0 aliphatic rings.